The summed E-state index contributed by atoms with van der Waals surface area (Å²) in [5.41, 5.74) is 7.25. The lowest BCUT2D eigenvalue weighted by molar-refractivity contribution is 0.303. The Kier molecular flexibility index (Phi) is 4.64. The van der Waals surface area contributed by atoms with Gasteiger partial charge in [0.15, 0.2) is 0 Å². The van der Waals surface area contributed by atoms with Crippen molar-refractivity contribution in [1.29, 1.82) is 0 Å². The third kappa shape index (κ3) is 4.02. The standard InChI is InChI=1S/C16H21FN2OS/c1-10(18)12-6-5-11(7-13(12)17)20-8-15-19-14(9-21-15)16(2,3)4/h5-7,9-10H,8,18H2,1-4H3/t10-/m0/s1. The van der Waals surface area contributed by atoms with E-state index in [4.69, 9.17) is 10.5 Å². The average molecular weight is 308 g/mol. The van der Waals surface area contributed by atoms with Crippen molar-refractivity contribution in [2.24, 2.45) is 5.73 Å². The number of aromatic nitrogens is 1. The van der Waals surface area contributed by atoms with Crippen molar-refractivity contribution in [3.05, 3.63) is 45.7 Å². The average Bonchev–Trinajstić information content (AvgIpc) is 2.84. The molecule has 0 bridgehead atoms. The Bertz CT molecular complexity index is 617. The second kappa shape index (κ2) is 6.12. The van der Waals surface area contributed by atoms with Crippen LogP contribution < -0.4 is 10.5 Å². The fourth-order valence-corrected chi connectivity index (χ4v) is 2.77. The highest BCUT2D eigenvalue weighted by molar-refractivity contribution is 7.09. The molecule has 0 unspecified atom stereocenters. The summed E-state index contributed by atoms with van der Waals surface area (Å²) in [7, 11) is 0. The van der Waals surface area contributed by atoms with Gasteiger partial charge < -0.3 is 10.5 Å². The lowest BCUT2D eigenvalue weighted by atomic mass is 9.93. The number of nitrogens with zero attached hydrogens (tertiary/aromatic N) is 1. The van der Waals surface area contributed by atoms with Gasteiger partial charge in [0, 0.05) is 28.5 Å². The molecule has 0 aliphatic carbocycles. The van der Waals surface area contributed by atoms with Crippen molar-refractivity contribution in [2.75, 3.05) is 0 Å². The molecule has 0 spiro atoms. The maximum absolute atomic E-state index is 13.8. The van der Waals surface area contributed by atoms with E-state index in [9.17, 15) is 4.39 Å². The van der Waals surface area contributed by atoms with E-state index in [-0.39, 0.29) is 17.3 Å². The molecule has 0 aliphatic rings. The quantitative estimate of drug-likeness (QED) is 0.922. The molecule has 0 saturated carbocycles. The topological polar surface area (TPSA) is 48.1 Å². The Balaban J connectivity index is 2.03. The van der Waals surface area contributed by atoms with Crippen LogP contribution in [0.15, 0.2) is 23.6 Å². The summed E-state index contributed by atoms with van der Waals surface area (Å²) in [5.74, 6) is 0.154. The zero-order valence-electron chi connectivity index (χ0n) is 12.8. The summed E-state index contributed by atoms with van der Waals surface area (Å²) in [6.07, 6.45) is 0. The number of halogens is 1. The van der Waals surface area contributed by atoms with Crippen molar-refractivity contribution in [3.63, 3.8) is 0 Å². The number of benzene rings is 1. The molecule has 114 valence electrons. The van der Waals surface area contributed by atoms with Gasteiger partial charge >= 0.3 is 0 Å². The molecule has 21 heavy (non-hydrogen) atoms. The summed E-state index contributed by atoms with van der Waals surface area (Å²) in [5, 5.41) is 2.93. The van der Waals surface area contributed by atoms with Gasteiger partial charge in [0.1, 0.15) is 23.2 Å². The summed E-state index contributed by atoms with van der Waals surface area (Å²) < 4.78 is 19.4. The monoisotopic (exact) mass is 308 g/mol. The van der Waals surface area contributed by atoms with Crippen LogP contribution in [-0.2, 0) is 12.0 Å². The molecule has 0 amide bonds. The molecule has 1 aromatic carbocycles. The van der Waals surface area contributed by atoms with Crippen molar-refractivity contribution in [3.8, 4) is 5.75 Å². The fraction of sp³-hybridized carbons (Fsp3) is 0.438. The van der Waals surface area contributed by atoms with Gasteiger partial charge in [-0.05, 0) is 13.0 Å². The van der Waals surface area contributed by atoms with E-state index in [1.807, 2.05) is 5.38 Å². The maximum atomic E-state index is 13.8. The summed E-state index contributed by atoms with van der Waals surface area (Å²) in [4.78, 5) is 4.54. The lowest BCUT2D eigenvalue weighted by Crippen LogP contribution is -2.11. The van der Waals surface area contributed by atoms with Gasteiger partial charge in [0.05, 0.1) is 5.69 Å². The number of ether oxygens (including phenoxy) is 1. The van der Waals surface area contributed by atoms with Crippen LogP contribution in [0.4, 0.5) is 4.39 Å². The fourth-order valence-electron chi connectivity index (χ4n) is 1.83. The van der Waals surface area contributed by atoms with Crippen LogP contribution in [0.2, 0.25) is 0 Å². The molecule has 2 rings (SSSR count). The van der Waals surface area contributed by atoms with E-state index in [2.05, 4.69) is 25.8 Å². The molecule has 1 heterocycles. The Morgan fingerprint density at radius 3 is 2.62 bits per heavy atom. The largest absolute Gasteiger partial charge is 0.486 e. The van der Waals surface area contributed by atoms with Gasteiger partial charge in [-0.15, -0.1) is 11.3 Å². The number of hydrogen-bond acceptors (Lipinski definition) is 4. The zero-order valence-corrected chi connectivity index (χ0v) is 13.6. The van der Waals surface area contributed by atoms with Crippen molar-refractivity contribution >= 4 is 11.3 Å². The molecule has 1 atom stereocenters. The highest BCUT2D eigenvalue weighted by Gasteiger charge is 2.17. The van der Waals surface area contributed by atoms with Gasteiger partial charge in [-0.1, -0.05) is 26.8 Å². The number of thiazole rings is 1. The molecule has 5 heteroatoms. The first kappa shape index (κ1) is 15.9. The van der Waals surface area contributed by atoms with Crippen LogP contribution in [0.3, 0.4) is 0 Å². The summed E-state index contributed by atoms with van der Waals surface area (Å²) >= 11 is 1.56. The van der Waals surface area contributed by atoms with Gasteiger partial charge in [0.2, 0.25) is 0 Å². The first-order valence-corrected chi connectivity index (χ1v) is 7.78. The first-order chi connectivity index (χ1) is 9.77. The van der Waals surface area contributed by atoms with Crippen molar-refractivity contribution in [2.45, 2.75) is 45.8 Å². The highest BCUT2D eigenvalue weighted by Crippen LogP contribution is 2.25. The Morgan fingerprint density at radius 1 is 1.38 bits per heavy atom. The van der Waals surface area contributed by atoms with E-state index in [1.165, 1.54) is 6.07 Å². The van der Waals surface area contributed by atoms with Gasteiger partial charge in [0.25, 0.3) is 0 Å². The number of hydrogen-bond donors (Lipinski definition) is 1. The molecular weight excluding hydrogens is 287 g/mol. The molecule has 3 nitrogen and oxygen atoms in total. The minimum Gasteiger partial charge on any atom is -0.486 e. The van der Waals surface area contributed by atoms with Gasteiger partial charge in [-0.25, -0.2) is 9.37 Å². The molecule has 2 aromatic rings. The second-order valence-electron chi connectivity index (χ2n) is 6.14. The van der Waals surface area contributed by atoms with E-state index >= 15 is 0 Å². The SMILES string of the molecule is C[C@H](N)c1ccc(OCc2nc(C(C)(C)C)cs2)cc1F. The Morgan fingerprint density at radius 2 is 2.10 bits per heavy atom. The summed E-state index contributed by atoms with van der Waals surface area (Å²) in [6, 6.07) is 4.45. The van der Waals surface area contributed by atoms with Crippen LogP contribution >= 0.6 is 11.3 Å². The molecule has 0 fully saturated rings. The Labute approximate surface area is 129 Å². The second-order valence-corrected chi connectivity index (χ2v) is 7.08. The van der Waals surface area contributed by atoms with Gasteiger partial charge in [-0.3, -0.25) is 0 Å². The highest BCUT2D eigenvalue weighted by atomic mass is 32.1. The van der Waals surface area contributed by atoms with Gasteiger partial charge in [-0.2, -0.15) is 0 Å². The van der Waals surface area contributed by atoms with Crippen molar-refractivity contribution in [1.82, 2.24) is 4.98 Å². The molecule has 0 radical (unpaired) electrons. The predicted molar refractivity (Wildman–Crippen MR) is 84.1 cm³/mol. The first-order valence-electron chi connectivity index (χ1n) is 6.90. The molecule has 0 saturated heterocycles. The predicted octanol–water partition coefficient (Wildman–Crippen LogP) is 4.18. The third-order valence-electron chi connectivity index (χ3n) is 3.14. The maximum Gasteiger partial charge on any atom is 0.140 e. The molecule has 2 N–H and O–H groups in total. The number of rotatable bonds is 4. The minimum absolute atomic E-state index is 0.0276. The third-order valence-corrected chi connectivity index (χ3v) is 3.97. The molecule has 1 aromatic heterocycles. The van der Waals surface area contributed by atoms with Crippen LogP contribution in [0, 0.1) is 5.82 Å². The normalized spacial score (nSPS) is 13.2. The van der Waals surface area contributed by atoms with Crippen LogP contribution in [0.1, 0.15) is 50.0 Å². The zero-order chi connectivity index (χ0) is 15.6. The lowest BCUT2D eigenvalue weighted by Gasteiger charge is -2.14. The van der Waals surface area contributed by atoms with Crippen LogP contribution in [-0.4, -0.2) is 4.98 Å². The van der Waals surface area contributed by atoms with Crippen LogP contribution in [0.25, 0.3) is 0 Å². The minimum atomic E-state index is -0.336. The molecular formula is C16H21FN2OS. The van der Waals surface area contributed by atoms with Crippen molar-refractivity contribution < 1.29 is 9.13 Å². The Hall–Kier alpha value is -1.46. The van der Waals surface area contributed by atoms with E-state index in [1.54, 1.807) is 30.4 Å². The summed E-state index contributed by atoms with van der Waals surface area (Å²) in [6.45, 7) is 8.46. The smallest absolute Gasteiger partial charge is 0.140 e. The molecule has 0 aliphatic heterocycles. The van der Waals surface area contributed by atoms with E-state index < -0.39 is 0 Å². The van der Waals surface area contributed by atoms with Crippen LogP contribution in [0.5, 0.6) is 5.75 Å². The van der Waals surface area contributed by atoms with E-state index in [0.717, 1.165) is 10.7 Å². The number of nitrogens with two attached hydrogens (primary N) is 1. The van der Waals surface area contributed by atoms with E-state index in [0.29, 0.717) is 17.9 Å².